The van der Waals surface area contributed by atoms with Crippen molar-refractivity contribution in [2.24, 2.45) is 0 Å². The van der Waals surface area contributed by atoms with Gasteiger partial charge in [-0.15, -0.1) is 0 Å². The van der Waals surface area contributed by atoms with Crippen LogP contribution in [0.15, 0.2) is 138 Å². The molecule has 3 heteroatoms. The van der Waals surface area contributed by atoms with Gasteiger partial charge in [-0.05, 0) is 73.8 Å². The molecule has 0 bridgehead atoms. The van der Waals surface area contributed by atoms with Crippen molar-refractivity contribution >= 4 is 5.57 Å². The fourth-order valence-corrected chi connectivity index (χ4v) is 3.51. The maximum absolute atomic E-state index is 4.63. The summed E-state index contributed by atoms with van der Waals surface area (Å²) in [6, 6.07) is 5.96. The molecule has 0 radical (unpaired) electrons. The minimum Gasteiger partial charge on any atom is -0.284 e. The highest BCUT2D eigenvalue weighted by Crippen LogP contribution is 2.29. The summed E-state index contributed by atoms with van der Waals surface area (Å²) >= 11 is 0. The largest absolute Gasteiger partial charge is 0.284 e. The first-order valence-corrected chi connectivity index (χ1v) is 11.7. The highest BCUT2D eigenvalue weighted by Gasteiger charge is 2.13. The maximum Gasteiger partial charge on any atom is 0.118 e. The Balaban J connectivity index is 1.84. The number of pyridine rings is 1. The molecule has 2 aromatic heterocycles. The molecular weight excluding hydrogens is 426 g/mol. The van der Waals surface area contributed by atoms with Crippen LogP contribution in [0, 0.1) is 6.92 Å². The molecular formula is C32H33N3. The van der Waals surface area contributed by atoms with Gasteiger partial charge < -0.3 is 0 Å². The number of rotatable bonds is 7. The van der Waals surface area contributed by atoms with Gasteiger partial charge in [-0.1, -0.05) is 91.6 Å². The van der Waals surface area contributed by atoms with Crippen molar-refractivity contribution in [2.75, 3.05) is 0 Å². The summed E-state index contributed by atoms with van der Waals surface area (Å²) in [5, 5.41) is 7.45. The van der Waals surface area contributed by atoms with Gasteiger partial charge in [0.1, 0.15) is 5.69 Å². The minimum absolute atomic E-state index is 0.831. The van der Waals surface area contributed by atoms with Crippen LogP contribution in [-0.4, -0.2) is 15.2 Å². The lowest BCUT2D eigenvalue weighted by Crippen LogP contribution is -1.92. The zero-order valence-electron chi connectivity index (χ0n) is 21.0. The third kappa shape index (κ3) is 7.12. The van der Waals surface area contributed by atoms with E-state index in [1.54, 1.807) is 0 Å². The van der Waals surface area contributed by atoms with Crippen LogP contribution in [0.1, 0.15) is 32.0 Å². The van der Waals surface area contributed by atoms with E-state index in [0.717, 1.165) is 50.5 Å². The average Bonchev–Trinajstić information content (AvgIpc) is 3.31. The van der Waals surface area contributed by atoms with E-state index in [2.05, 4.69) is 78.6 Å². The van der Waals surface area contributed by atoms with Crippen molar-refractivity contribution < 1.29 is 0 Å². The van der Waals surface area contributed by atoms with Gasteiger partial charge >= 0.3 is 0 Å². The van der Waals surface area contributed by atoms with Crippen LogP contribution in [-0.2, 0) is 0 Å². The first kappa shape index (κ1) is 25.4. The number of H-pyrrole nitrogens is 1. The first-order valence-electron chi connectivity index (χ1n) is 11.7. The van der Waals surface area contributed by atoms with Gasteiger partial charge in [0.15, 0.2) is 0 Å². The van der Waals surface area contributed by atoms with Crippen molar-refractivity contribution in [1.29, 1.82) is 0 Å². The summed E-state index contributed by atoms with van der Waals surface area (Å²) in [6.07, 6.45) is 26.5. The number of hydrogen-bond donors (Lipinski definition) is 1. The van der Waals surface area contributed by atoms with Crippen LogP contribution in [0.25, 0.3) is 17.0 Å². The lowest BCUT2D eigenvalue weighted by Gasteiger charge is -2.10. The van der Waals surface area contributed by atoms with E-state index < -0.39 is 0 Å². The Bertz CT molecular complexity index is 1340. The quantitative estimate of drug-likeness (QED) is 0.423. The van der Waals surface area contributed by atoms with Gasteiger partial charge in [0.2, 0.25) is 0 Å². The molecule has 0 amide bonds. The third-order valence-corrected chi connectivity index (χ3v) is 5.41. The van der Waals surface area contributed by atoms with Crippen molar-refractivity contribution in [3.8, 4) is 11.4 Å². The zero-order chi connectivity index (χ0) is 25.2. The van der Waals surface area contributed by atoms with E-state index in [1.165, 1.54) is 5.57 Å². The van der Waals surface area contributed by atoms with Crippen LogP contribution < -0.4 is 0 Å². The number of nitrogens with zero attached hydrogens (tertiary/aromatic N) is 2. The molecule has 1 N–H and O–H groups in total. The Morgan fingerprint density at radius 1 is 1.06 bits per heavy atom. The van der Waals surface area contributed by atoms with Crippen molar-refractivity contribution in [2.45, 2.75) is 27.7 Å². The second-order valence-corrected chi connectivity index (χ2v) is 8.51. The Hall–Kier alpha value is -4.24. The predicted octanol–water partition coefficient (Wildman–Crippen LogP) is 8.35. The second-order valence-electron chi connectivity index (χ2n) is 8.51. The van der Waals surface area contributed by atoms with Gasteiger partial charge in [0, 0.05) is 17.5 Å². The molecule has 3 nitrogen and oxygen atoms in total. The SMILES string of the molecule is C=C1\C=C/C(c2c[nH]nc2-c2cccc(C)n2)=C/C=C/C1=C/C(=C\C)C(=C)/C=C/C=C/C=C(C)C. The molecule has 3 rings (SSSR count). The van der Waals surface area contributed by atoms with Crippen LogP contribution in [0.3, 0.4) is 0 Å². The van der Waals surface area contributed by atoms with Crippen LogP contribution in [0.2, 0.25) is 0 Å². The van der Waals surface area contributed by atoms with Gasteiger partial charge in [-0.2, -0.15) is 5.10 Å². The Kier molecular flexibility index (Phi) is 8.91. The summed E-state index contributed by atoms with van der Waals surface area (Å²) in [5.74, 6) is 0. The van der Waals surface area contributed by atoms with Crippen LogP contribution >= 0.6 is 0 Å². The lowest BCUT2D eigenvalue weighted by atomic mass is 9.95. The second kappa shape index (κ2) is 12.3. The normalized spacial score (nSPS) is 18.9. The third-order valence-electron chi connectivity index (χ3n) is 5.41. The number of aryl methyl sites for hydroxylation is 1. The van der Waals surface area contributed by atoms with E-state index >= 15 is 0 Å². The maximum atomic E-state index is 4.63. The lowest BCUT2D eigenvalue weighted by molar-refractivity contribution is 1.08. The highest BCUT2D eigenvalue weighted by molar-refractivity contribution is 5.84. The Morgan fingerprint density at radius 2 is 1.89 bits per heavy atom. The Labute approximate surface area is 209 Å². The first-order chi connectivity index (χ1) is 16.9. The molecule has 0 fully saturated rings. The van der Waals surface area contributed by atoms with Crippen molar-refractivity contribution in [3.05, 3.63) is 150 Å². The molecule has 0 unspecified atom stereocenters. The summed E-state index contributed by atoms with van der Waals surface area (Å²) < 4.78 is 0. The number of hydrogen-bond acceptors (Lipinski definition) is 2. The fourth-order valence-electron chi connectivity index (χ4n) is 3.51. The molecule has 2 heterocycles. The molecule has 0 saturated carbocycles. The number of aromatic amines is 1. The summed E-state index contributed by atoms with van der Waals surface area (Å²) in [5.41, 5.74) is 9.90. The van der Waals surface area contributed by atoms with E-state index in [0.29, 0.717) is 0 Å². The zero-order valence-corrected chi connectivity index (χ0v) is 21.0. The smallest absolute Gasteiger partial charge is 0.118 e. The molecule has 0 aliphatic heterocycles. The summed E-state index contributed by atoms with van der Waals surface area (Å²) in [6.45, 7) is 16.7. The van der Waals surface area contributed by atoms with E-state index in [4.69, 9.17) is 0 Å². The average molecular weight is 460 g/mol. The van der Waals surface area contributed by atoms with E-state index in [9.17, 15) is 0 Å². The molecule has 1 aliphatic rings. The van der Waals surface area contributed by atoms with E-state index in [-0.39, 0.29) is 0 Å². The summed E-state index contributed by atoms with van der Waals surface area (Å²) in [4.78, 5) is 4.63. The fraction of sp³-hybridized carbons (Fsp3) is 0.125. The number of allylic oxidation sites excluding steroid dienone is 18. The highest BCUT2D eigenvalue weighted by atomic mass is 15.1. The molecule has 0 aromatic carbocycles. The van der Waals surface area contributed by atoms with Crippen LogP contribution in [0.4, 0.5) is 0 Å². The topological polar surface area (TPSA) is 41.6 Å². The van der Waals surface area contributed by atoms with Crippen molar-refractivity contribution in [1.82, 2.24) is 15.2 Å². The summed E-state index contributed by atoms with van der Waals surface area (Å²) in [7, 11) is 0. The molecule has 1 aliphatic carbocycles. The van der Waals surface area contributed by atoms with E-state index in [1.807, 2.05) is 74.7 Å². The number of nitrogens with one attached hydrogen (secondary N) is 1. The molecule has 176 valence electrons. The molecule has 0 spiro atoms. The molecule has 2 aromatic rings. The standard InChI is InChI=1S/C32H33N3/c1-7-27(24(4)14-10-8-9-13-23(2)3)21-29-17-12-16-28(20-19-25(29)5)30-22-33-35-32(30)31-18-11-15-26(6)34-31/h7-22H,4-5H2,1-3,6H3,(H,33,35)/b9-8+,14-10+,17-12+,20-19-,27-7+,28-16-,29-21-. The Morgan fingerprint density at radius 3 is 2.63 bits per heavy atom. The van der Waals surface area contributed by atoms with Gasteiger partial charge in [0.25, 0.3) is 0 Å². The molecule has 35 heavy (non-hydrogen) atoms. The molecule has 0 saturated heterocycles. The predicted molar refractivity (Wildman–Crippen MR) is 151 cm³/mol. The van der Waals surface area contributed by atoms with Gasteiger partial charge in [-0.3, -0.25) is 10.1 Å². The number of aromatic nitrogens is 3. The molecule has 0 atom stereocenters. The van der Waals surface area contributed by atoms with Crippen LogP contribution in [0.5, 0.6) is 0 Å². The monoisotopic (exact) mass is 459 g/mol. The van der Waals surface area contributed by atoms with Crippen molar-refractivity contribution in [3.63, 3.8) is 0 Å². The van der Waals surface area contributed by atoms with Gasteiger partial charge in [-0.25, -0.2) is 0 Å². The van der Waals surface area contributed by atoms with Gasteiger partial charge in [0.05, 0.1) is 5.69 Å². The minimum atomic E-state index is 0.831.